The van der Waals surface area contributed by atoms with Crippen molar-refractivity contribution in [3.05, 3.63) is 0 Å². The van der Waals surface area contributed by atoms with E-state index in [1.54, 1.807) is 0 Å². The number of aliphatic hydroxyl groups excluding tert-OH is 4. The molecule has 5 atom stereocenters. The van der Waals surface area contributed by atoms with E-state index in [4.69, 9.17) is 0 Å². The lowest BCUT2D eigenvalue weighted by Crippen LogP contribution is -2.67. The third-order valence-corrected chi connectivity index (χ3v) is 4.53. The van der Waals surface area contributed by atoms with Crippen LogP contribution in [0.15, 0.2) is 4.99 Å². The fourth-order valence-electron chi connectivity index (χ4n) is 3.12. The molecule has 2 aliphatic heterocycles. The number of hydrogen-bond donors (Lipinski definition) is 5. The summed E-state index contributed by atoms with van der Waals surface area (Å²) in [4.78, 5) is 5.77. The van der Waals surface area contributed by atoms with Crippen LogP contribution < -0.4 is 5.32 Å². The van der Waals surface area contributed by atoms with Crippen LogP contribution in [-0.2, 0) is 0 Å². The Bertz CT molecular complexity index is 380. The highest BCUT2D eigenvalue weighted by atomic mass is 16.4. The quantitative estimate of drug-likeness (QED) is 0.401. The van der Waals surface area contributed by atoms with E-state index >= 15 is 0 Å². The van der Waals surface area contributed by atoms with E-state index in [2.05, 4.69) is 17.2 Å². The van der Waals surface area contributed by atoms with Crippen LogP contribution in [0.2, 0.25) is 0 Å². The Morgan fingerprint density at radius 2 is 1.68 bits per heavy atom. The van der Waals surface area contributed by atoms with Crippen molar-refractivity contribution in [1.82, 2.24) is 10.2 Å². The van der Waals surface area contributed by atoms with E-state index in [1.807, 2.05) is 0 Å². The van der Waals surface area contributed by atoms with Crippen molar-refractivity contribution in [3.63, 3.8) is 0 Å². The lowest BCUT2D eigenvalue weighted by atomic mass is 9.93. The summed E-state index contributed by atoms with van der Waals surface area (Å²) in [6.07, 6.45) is 2.06. The standard InChI is InChI=1S/C15H29N3O4/c1-2-3-4-5-6-7-8-16-15-17-9-10-11(19)12(20)13(21)14(22)18(10)15/h10-14,19-22H,2-9H2,1H3,(H,16,17)/t10-,11+,12+,13-,14-/m1/s1. The van der Waals surface area contributed by atoms with Gasteiger partial charge < -0.3 is 30.6 Å². The molecule has 0 bridgehead atoms. The number of fused-ring (bicyclic) bond motifs is 1. The number of piperidine rings is 1. The smallest absolute Gasteiger partial charge is 0.196 e. The Kier molecular flexibility index (Phi) is 6.43. The van der Waals surface area contributed by atoms with E-state index in [1.165, 1.54) is 30.6 Å². The van der Waals surface area contributed by atoms with Crippen molar-refractivity contribution in [1.29, 1.82) is 0 Å². The number of guanidine groups is 1. The number of rotatable bonds is 7. The maximum absolute atomic E-state index is 10.1. The first-order chi connectivity index (χ1) is 10.6. The molecule has 0 aromatic rings. The number of aliphatic hydroxyl groups is 4. The van der Waals surface area contributed by atoms with Crippen molar-refractivity contribution in [2.75, 3.05) is 13.1 Å². The largest absolute Gasteiger partial charge is 0.388 e. The second kappa shape index (κ2) is 8.10. The average molecular weight is 315 g/mol. The fourth-order valence-corrected chi connectivity index (χ4v) is 3.12. The van der Waals surface area contributed by atoms with E-state index in [-0.39, 0.29) is 0 Å². The molecule has 2 rings (SSSR count). The monoisotopic (exact) mass is 315 g/mol. The maximum atomic E-state index is 10.1. The summed E-state index contributed by atoms with van der Waals surface area (Å²) in [6.45, 7) is 3.25. The number of nitrogens with one attached hydrogen (secondary N) is 1. The van der Waals surface area contributed by atoms with E-state index in [9.17, 15) is 20.4 Å². The first-order valence-corrected chi connectivity index (χ1v) is 8.36. The van der Waals surface area contributed by atoms with Gasteiger partial charge >= 0.3 is 0 Å². The third-order valence-electron chi connectivity index (χ3n) is 4.53. The van der Waals surface area contributed by atoms with Crippen molar-refractivity contribution in [2.24, 2.45) is 4.99 Å². The molecule has 22 heavy (non-hydrogen) atoms. The summed E-state index contributed by atoms with van der Waals surface area (Å²) in [7, 11) is 0. The van der Waals surface area contributed by atoms with Crippen LogP contribution in [0.4, 0.5) is 0 Å². The predicted molar refractivity (Wildman–Crippen MR) is 83.3 cm³/mol. The van der Waals surface area contributed by atoms with Crippen LogP contribution in [0, 0.1) is 0 Å². The second-order valence-corrected chi connectivity index (χ2v) is 6.22. The van der Waals surface area contributed by atoms with Gasteiger partial charge in [-0.05, 0) is 6.42 Å². The summed E-state index contributed by atoms with van der Waals surface area (Å²) in [5.74, 6) is 0.496. The molecule has 0 unspecified atom stereocenters. The van der Waals surface area contributed by atoms with Crippen LogP contribution in [0.25, 0.3) is 0 Å². The van der Waals surface area contributed by atoms with Gasteiger partial charge in [-0.15, -0.1) is 0 Å². The molecular formula is C15H29N3O4. The zero-order chi connectivity index (χ0) is 16.1. The zero-order valence-corrected chi connectivity index (χ0v) is 13.2. The van der Waals surface area contributed by atoms with Crippen molar-refractivity contribution in [2.45, 2.75) is 76.0 Å². The van der Waals surface area contributed by atoms with Crippen LogP contribution in [0.3, 0.4) is 0 Å². The first-order valence-electron chi connectivity index (χ1n) is 8.36. The molecule has 0 aromatic heterocycles. The number of nitrogens with zero attached hydrogens (tertiary/aromatic N) is 2. The Morgan fingerprint density at radius 1 is 1.00 bits per heavy atom. The molecular weight excluding hydrogens is 286 g/mol. The summed E-state index contributed by atoms with van der Waals surface area (Å²) < 4.78 is 0. The molecule has 0 aromatic carbocycles. The highest BCUT2D eigenvalue weighted by molar-refractivity contribution is 5.82. The minimum Gasteiger partial charge on any atom is -0.388 e. The molecule has 0 spiro atoms. The molecule has 2 heterocycles. The SMILES string of the molecule is CCCCCCCCNC1=NC[C@@H]2[C@H](O)[C@H](O)[C@@H](O)[C@@H](O)N12. The van der Waals surface area contributed by atoms with E-state index < -0.39 is 30.6 Å². The van der Waals surface area contributed by atoms with Crippen molar-refractivity contribution in [3.8, 4) is 0 Å². The highest BCUT2D eigenvalue weighted by Gasteiger charge is 2.50. The highest BCUT2D eigenvalue weighted by Crippen LogP contribution is 2.27. The van der Waals surface area contributed by atoms with E-state index in [0.29, 0.717) is 12.5 Å². The maximum Gasteiger partial charge on any atom is 0.196 e. The van der Waals surface area contributed by atoms with Crippen molar-refractivity contribution >= 4 is 5.96 Å². The van der Waals surface area contributed by atoms with Gasteiger partial charge in [-0.2, -0.15) is 0 Å². The third kappa shape index (κ3) is 3.71. The Balaban J connectivity index is 1.76. The van der Waals surface area contributed by atoms with Crippen LogP contribution in [0.1, 0.15) is 45.4 Å². The lowest BCUT2D eigenvalue weighted by Gasteiger charge is -2.44. The van der Waals surface area contributed by atoms with Gasteiger partial charge in [-0.3, -0.25) is 4.99 Å². The Labute approximate surface area is 131 Å². The van der Waals surface area contributed by atoms with Crippen LogP contribution in [0.5, 0.6) is 0 Å². The molecule has 1 saturated heterocycles. The molecule has 5 N–H and O–H groups in total. The Hall–Kier alpha value is -0.890. The molecule has 0 amide bonds. The number of unbranched alkanes of at least 4 members (excludes halogenated alkanes) is 5. The van der Waals surface area contributed by atoms with Crippen LogP contribution in [-0.4, -0.2) is 75.0 Å². The van der Waals surface area contributed by atoms with Crippen molar-refractivity contribution < 1.29 is 20.4 Å². The summed E-state index contributed by atoms with van der Waals surface area (Å²) in [5, 5.41) is 42.7. The van der Waals surface area contributed by atoms with Crippen LogP contribution >= 0.6 is 0 Å². The minimum atomic E-state index is -1.40. The minimum absolute atomic E-state index is 0.306. The van der Waals surface area contributed by atoms with Gasteiger partial charge in [-0.25, -0.2) is 0 Å². The topological polar surface area (TPSA) is 109 Å². The molecule has 0 radical (unpaired) electrons. The molecule has 7 heteroatoms. The lowest BCUT2D eigenvalue weighted by molar-refractivity contribution is -0.192. The number of hydrogen-bond acceptors (Lipinski definition) is 7. The van der Waals surface area contributed by atoms with E-state index in [0.717, 1.165) is 19.4 Å². The molecule has 2 aliphatic rings. The summed E-state index contributed by atoms with van der Waals surface area (Å²) in [5.41, 5.74) is 0. The Morgan fingerprint density at radius 3 is 2.41 bits per heavy atom. The van der Waals surface area contributed by atoms with Gasteiger partial charge in [-0.1, -0.05) is 39.0 Å². The summed E-state index contributed by atoms with van der Waals surface area (Å²) >= 11 is 0. The van der Waals surface area contributed by atoms with Gasteiger partial charge in [0.2, 0.25) is 0 Å². The molecule has 7 nitrogen and oxygen atoms in total. The number of aliphatic imine (C=N–C) groups is 1. The van der Waals surface area contributed by atoms with Gasteiger partial charge in [0.15, 0.2) is 12.2 Å². The van der Waals surface area contributed by atoms with Gasteiger partial charge in [0, 0.05) is 6.54 Å². The van der Waals surface area contributed by atoms with Gasteiger partial charge in [0.1, 0.15) is 18.3 Å². The summed E-state index contributed by atoms with van der Waals surface area (Å²) in [6, 6.07) is -0.486. The first kappa shape index (κ1) is 17.5. The normalized spacial score (nSPS) is 34.5. The van der Waals surface area contributed by atoms with Gasteiger partial charge in [0.25, 0.3) is 0 Å². The molecule has 128 valence electrons. The molecule has 0 saturated carbocycles. The fraction of sp³-hybridized carbons (Fsp3) is 0.933. The molecule has 0 aliphatic carbocycles. The second-order valence-electron chi connectivity index (χ2n) is 6.22. The van der Waals surface area contributed by atoms with Gasteiger partial charge in [0.05, 0.1) is 12.6 Å². The average Bonchev–Trinajstić information content (AvgIpc) is 2.94. The zero-order valence-electron chi connectivity index (χ0n) is 13.2. The molecule has 1 fully saturated rings. The predicted octanol–water partition coefficient (Wildman–Crippen LogP) is -0.609.